The highest BCUT2D eigenvalue weighted by Gasteiger charge is 2.17. The minimum absolute atomic E-state index is 0.141. The lowest BCUT2D eigenvalue weighted by molar-refractivity contribution is -0.115. The predicted octanol–water partition coefficient (Wildman–Crippen LogP) is 4.49. The third-order valence-electron chi connectivity index (χ3n) is 4.59. The molecule has 2 amide bonds. The number of benzene rings is 2. The van der Waals surface area contributed by atoms with E-state index in [1.807, 2.05) is 63.2 Å². The van der Waals surface area contributed by atoms with E-state index in [1.54, 1.807) is 6.92 Å². The molecule has 2 N–H and O–H groups in total. The van der Waals surface area contributed by atoms with Crippen LogP contribution in [0.15, 0.2) is 42.5 Å². The van der Waals surface area contributed by atoms with Crippen LogP contribution in [0.1, 0.15) is 42.6 Å². The molecular formula is C23H25N3O2S. The second kappa shape index (κ2) is 9.01. The number of aromatic nitrogens is 1. The molecule has 0 unspecified atom stereocenters. The summed E-state index contributed by atoms with van der Waals surface area (Å²) in [4.78, 5) is 29.9. The van der Waals surface area contributed by atoms with Gasteiger partial charge in [0.25, 0.3) is 5.91 Å². The van der Waals surface area contributed by atoms with E-state index in [0.717, 1.165) is 22.4 Å². The van der Waals surface area contributed by atoms with Crippen molar-refractivity contribution in [2.45, 2.75) is 40.7 Å². The first kappa shape index (κ1) is 20.7. The van der Waals surface area contributed by atoms with E-state index in [9.17, 15) is 9.59 Å². The van der Waals surface area contributed by atoms with E-state index >= 15 is 0 Å². The van der Waals surface area contributed by atoms with Gasteiger partial charge in [0, 0.05) is 12.2 Å². The molecule has 0 aliphatic rings. The molecule has 3 aromatic rings. The molecule has 0 atom stereocenters. The summed E-state index contributed by atoms with van der Waals surface area (Å²) in [6, 6.07) is 13.9. The number of nitrogens with one attached hydrogen (secondary N) is 2. The molecule has 0 fully saturated rings. The van der Waals surface area contributed by atoms with E-state index in [-0.39, 0.29) is 18.2 Å². The van der Waals surface area contributed by atoms with Crippen LogP contribution in [-0.4, -0.2) is 16.8 Å². The molecule has 2 aromatic carbocycles. The molecule has 0 spiro atoms. The molecule has 0 bridgehead atoms. The van der Waals surface area contributed by atoms with Crippen LogP contribution in [0, 0.1) is 27.7 Å². The average Bonchev–Trinajstić information content (AvgIpc) is 3.03. The van der Waals surface area contributed by atoms with Crippen LogP contribution in [0.4, 0.5) is 5.69 Å². The Balaban J connectivity index is 1.60. The molecule has 1 heterocycles. The predicted molar refractivity (Wildman–Crippen MR) is 117 cm³/mol. The lowest BCUT2D eigenvalue weighted by Gasteiger charge is -2.08. The van der Waals surface area contributed by atoms with Gasteiger partial charge in [0.15, 0.2) is 0 Å². The smallest absolute Gasteiger partial charge is 0.263 e. The van der Waals surface area contributed by atoms with Gasteiger partial charge in [0.1, 0.15) is 9.88 Å². The van der Waals surface area contributed by atoms with Crippen molar-refractivity contribution in [1.82, 2.24) is 10.3 Å². The third kappa shape index (κ3) is 5.51. The summed E-state index contributed by atoms with van der Waals surface area (Å²) >= 11 is 1.27. The second-order valence-corrected chi connectivity index (χ2v) is 8.32. The summed E-state index contributed by atoms with van der Waals surface area (Å²) in [5, 5.41) is 6.48. The number of hydrogen-bond acceptors (Lipinski definition) is 4. The average molecular weight is 408 g/mol. The first-order valence-electron chi connectivity index (χ1n) is 9.49. The second-order valence-electron chi connectivity index (χ2n) is 7.23. The fraction of sp³-hybridized carbons (Fsp3) is 0.261. The van der Waals surface area contributed by atoms with E-state index in [1.165, 1.54) is 16.9 Å². The third-order valence-corrected chi connectivity index (χ3v) is 5.74. The standard InChI is InChI=1S/C23H25N3O2S/c1-14-5-8-18(9-6-14)13-24-23(28)22-17(4)25-21(29-22)12-20(27)26-19-10-7-15(2)11-16(19)3/h5-11H,12-13H2,1-4H3,(H,24,28)(H,26,27). The zero-order valence-corrected chi connectivity index (χ0v) is 17.9. The van der Waals surface area contributed by atoms with Gasteiger partial charge in [-0.3, -0.25) is 9.59 Å². The van der Waals surface area contributed by atoms with E-state index in [4.69, 9.17) is 0 Å². The summed E-state index contributed by atoms with van der Waals surface area (Å²) in [6.45, 7) is 8.26. The van der Waals surface area contributed by atoms with Gasteiger partial charge in [-0.15, -0.1) is 11.3 Å². The number of thiazole rings is 1. The van der Waals surface area contributed by atoms with Crippen molar-refractivity contribution < 1.29 is 9.59 Å². The van der Waals surface area contributed by atoms with Crippen LogP contribution in [-0.2, 0) is 17.8 Å². The molecule has 5 nitrogen and oxygen atoms in total. The molecular weight excluding hydrogens is 382 g/mol. The number of anilines is 1. The Morgan fingerprint density at radius 3 is 2.34 bits per heavy atom. The number of hydrogen-bond donors (Lipinski definition) is 2. The fourth-order valence-corrected chi connectivity index (χ4v) is 3.97. The molecule has 0 aliphatic carbocycles. The number of aryl methyl sites for hydroxylation is 4. The van der Waals surface area contributed by atoms with Gasteiger partial charge in [0.05, 0.1) is 12.1 Å². The van der Waals surface area contributed by atoms with Gasteiger partial charge >= 0.3 is 0 Å². The Bertz CT molecular complexity index is 1040. The van der Waals surface area contributed by atoms with Crippen LogP contribution in [0.5, 0.6) is 0 Å². The normalized spacial score (nSPS) is 10.6. The van der Waals surface area contributed by atoms with Crippen LogP contribution in [0.2, 0.25) is 0 Å². The van der Waals surface area contributed by atoms with Crippen molar-refractivity contribution in [2.75, 3.05) is 5.32 Å². The van der Waals surface area contributed by atoms with Crippen LogP contribution < -0.4 is 10.6 Å². The fourth-order valence-electron chi connectivity index (χ4n) is 2.99. The molecule has 3 rings (SSSR count). The summed E-state index contributed by atoms with van der Waals surface area (Å²) in [6.07, 6.45) is 0.143. The Kier molecular flexibility index (Phi) is 6.44. The maximum absolute atomic E-state index is 12.5. The summed E-state index contributed by atoms with van der Waals surface area (Å²) in [5.74, 6) is -0.307. The van der Waals surface area contributed by atoms with E-state index in [0.29, 0.717) is 22.1 Å². The topological polar surface area (TPSA) is 71.1 Å². The molecule has 0 aliphatic heterocycles. The number of carbonyl (C=O) groups excluding carboxylic acids is 2. The highest BCUT2D eigenvalue weighted by Crippen LogP contribution is 2.20. The summed E-state index contributed by atoms with van der Waals surface area (Å²) in [7, 11) is 0. The van der Waals surface area contributed by atoms with Gasteiger partial charge in [-0.25, -0.2) is 4.98 Å². The zero-order chi connectivity index (χ0) is 21.0. The maximum Gasteiger partial charge on any atom is 0.263 e. The summed E-state index contributed by atoms with van der Waals surface area (Å²) in [5.41, 5.74) is 5.83. The highest BCUT2D eigenvalue weighted by molar-refractivity contribution is 7.13. The van der Waals surface area contributed by atoms with E-state index < -0.39 is 0 Å². The lowest BCUT2D eigenvalue weighted by Crippen LogP contribution is -2.22. The molecule has 6 heteroatoms. The lowest BCUT2D eigenvalue weighted by atomic mass is 10.1. The van der Waals surface area contributed by atoms with Crippen LogP contribution >= 0.6 is 11.3 Å². The van der Waals surface area contributed by atoms with Gasteiger partial charge in [-0.05, 0) is 44.9 Å². The number of rotatable bonds is 6. The van der Waals surface area contributed by atoms with E-state index in [2.05, 4.69) is 15.6 Å². The Morgan fingerprint density at radius 2 is 1.66 bits per heavy atom. The molecule has 0 radical (unpaired) electrons. The van der Waals surface area contributed by atoms with Gasteiger partial charge in [0.2, 0.25) is 5.91 Å². The molecule has 1 aromatic heterocycles. The molecule has 0 saturated carbocycles. The Labute approximate surface area is 175 Å². The molecule has 150 valence electrons. The maximum atomic E-state index is 12.5. The van der Waals surface area contributed by atoms with Crippen molar-refractivity contribution in [3.8, 4) is 0 Å². The first-order valence-corrected chi connectivity index (χ1v) is 10.3. The van der Waals surface area contributed by atoms with Crippen molar-refractivity contribution in [2.24, 2.45) is 0 Å². The van der Waals surface area contributed by atoms with Crippen molar-refractivity contribution in [3.63, 3.8) is 0 Å². The number of carbonyl (C=O) groups is 2. The SMILES string of the molecule is Cc1ccc(CNC(=O)c2sc(CC(=O)Nc3ccc(C)cc3C)nc2C)cc1. The van der Waals surface area contributed by atoms with Crippen LogP contribution in [0.3, 0.4) is 0 Å². The summed E-state index contributed by atoms with van der Waals surface area (Å²) < 4.78 is 0. The monoisotopic (exact) mass is 407 g/mol. The largest absolute Gasteiger partial charge is 0.347 e. The minimum atomic E-state index is -0.165. The number of nitrogens with zero attached hydrogens (tertiary/aromatic N) is 1. The Morgan fingerprint density at radius 1 is 0.966 bits per heavy atom. The van der Waals surface area contributed by atoms with Gasteiger partial charge in [-0.1, -0.05) is 47.5 Å². The Hall–Kier alpha value is -2.99. The first-order chi connectivity index (χ1) is 13.8. The van der Waals surface area contributed by atoms with Crippen molar-refractivity contribution in [1.29, 1.82) is 0 Å². The molecule has 29 heavy (non-hydrogen) atoms. The molecule has 0 saturated heterocycles. The van der Waals surface area contributed by atoms with Crippen molar-refractivity contribution >= 4 is 28.8 Å². The highest BCUT2D eigenvalue weighted by atomic mass is 32.1. The zero-order valence-electron chi connectivity index (χ0n) is 17.1. The van der Waals surface area contributed by atoms with Gasteiger partial charge < -0.3 is 10.6 Å². The van der Waals surface area contributed by atoms with Crippen LogP contribution in [0.25, 0.3) is 0 Å². The van der Waals surface area contributed by atoms with Crippen molar-refractivity contribution in [3.05, 3.63) is 80.3 Å². The number of amides is 2. The quantitative estimate of drug-likeness (QED) is 0.632. The van der Waals surface area contributed by atoms with Gasteiger partial charge in [-0.2, -0.15) is 0 Å². The minimum Gasteiger partial charge on any atom is -0.347 e.